The number of carbonyl (C=O) groups is 3. The average molecular weight is 714 g/mol. The van der Waals surface area contributed by atoms with Crippen molar-refractivity contribution in [2.75, 3.05) is 41.1 Å². The van der Waals surface area contributed by atoms with Crippen LogP contribution in [0.25, 0.3) is 0 Å². The summed E-state index contributed by atoms with van der Waals surface area (Å²) in [5.41, 5.74) is -3.89. The van der Waals surface area contributed by atoms with Gasteiger partial charge in [-0.05, 0) is 84.0 Å². The number of nitrogens with one attached hydrogen (secondary N) is 1. The van der Waals surface area contributed by atoms with Crippen molar-refractivity contribution in [1.82, 2.24) is 25.0 Å². The van der Waals surface area contributed by atoms with Crippen LogP contribution in [0.1, 0.15) is 41.5 Å². The number of aryl methyl sites for hydroxylation is 1. The van der Waals surface area contributed by atoms with Gasteiger partial charge in [-0.25, -0.2) is 18.9 Å². The standard InChI is InChI=1S/C33H43N7O7S2/c1-31(2,3)47-29(42)33(6,27(41)28-35-32(4,5)22-48-28)40(49(44,45)26-15-17-37(7)36-26)23-11-13-24(14-12-23)46-30(43)39-20-18-38(19-21-39)25-10-8-9-16-34-25/h8-17,28,35H,18-22H2,1-7H3/t28-,33+/m0/s1. The molecule has 2 fully saturated rings. The molecular formula is C33H43N7O7S2. The third kappa shape index (κ3) is 7.86. The highest BCUT2D eigenvalue weighted by Crippen LogP contribution is 2.38. The van der Waals surface area contributed by atoms with Crippen molar-refractivity contribution in [2.45, 2.75) is 68.6 Å². The molecular weight excluding hydrogens is 671 g/mol. The largest absolute Gasteiger partial charge is 0.458 e. The van der Waals surface area contributed by atoms with Crippen LogP contribution >= 0.6 is 11.8 Å². The van der Waals surface area contributed by atoms with Crippen molar-refractivity contribution in [3.05, 3.63) is 60.9 Å². The number of Topliss-reactive ketones (excluding diaryl/α,β-unsaturated/α-hetero) is 1. The smallest absolute Gasteiger partial charge is 0.415 e. The van der Waals surface area contributed by atoms with Crippen LogP contribution in [0.4, 0.5) is 16.3 Å². The number of esters is 1. The van der Waals surface area contributed by atoms with Crippen LogP contribution in [-0.2, 0) is 31.4 Å². The highest BCUT2D eigenvalue weighted by Gasteiger charge is 2.58. The van der Waals surface area contributed by atoms with Crippen LogP contribution in [-0.4, -0.2) is 99.9 Å². The molecule has 2 aliphatic heterocycles. The summed E-state index contributed by atoms with van der Waals surface area (Å²) in [6.07, 6.45) is 2.61. The average Bonchev–Trinajstić information content (AvgIpc) is 3.66. The lowest BCUT2D eigenvalue weighted by molar-refractivity contribution is -0.162. The molecule has 16 heteroatoms. The van der Waals surface area contributed by atoms with Gasteiger partial charge in [-0.1, -0.05) is 6.07 Å². The van der Waals surface area contributed by atoms with Gasteiger partial charge in [0.2, 0.25) is 5.54 Å². The molecule has 49 heavy (non-hydrogen) atoms. The number of hydrogen-bond donors (Lipinski definition) is 1. The number of sulfonamides is 1. The number of thioether (sulfide) groups is 1. The van der Waals surface area contributed by atoms with E-state index >= 15 is 0 Å². The molecule has 1 amide bonds. The molecule has 1 N–H and O–H groups in total. The van der Waals surface area contributed by atoms with Gasteiger partial charge in [-0.2, -0.15) is 13.5 Å². The molecule has 4 heterocycles. The molecule has 3 aromatic rings. The number of benzene rings is 1. The fraction of sp³-hybridized carbons (Fsp3) is 0.485. The van der Waals surface area contributed by atoms with Gasteiger partial charge in [0, 0.05) is 56.9 Å². The molecule has 0 spiro atoms. The minimum Gasteiger partial charge on any atom is -0.458 e. The van der Waals surface area contributed by atoms with Gasteiger partial charge in [0.25, 0.3) is 10.0 Å². The maximum atomic E-state index is 14.5. The van der Waals surface area contributed by atoms with Crippen LogP contribution in [0.5, 0.6) is 5.75 Å². The molecule has 264 valence electrons. The summed E-state index contributed by atoms with van der Waals surface area (Å²) < 4.78 is 42.4. The van der Waals surface area contributed by atoms with Crippen molar-refractivity contribution < 1.29 is 32.3 Å². The monoisotopic (exact) mass is 713 g/mol. The SMILES string of the molecule is Cn1ccc(S(=O)(=O)N(c2ccc(OC(=O)N3CCN(c4ccccn4)CC3)cc2)[C@@](C)(C(=O)OC(C)(C)C)C(=O)[C@H]2NC(C)(C)CS2)n1. The molecule has 2 aromatic heterocycles. The van der Waals surface area contributed by atoms with E-state index in [9.17, 15) is 22.8 Å². The minimum atomic E-state index is -4.66. The third-order valence-corrected chi connectivity index (χ3v) is 11.4. The lowest BCUT2D eigenvalue weighted by Gasteiger charge is -2.40. The number of ether oxygens (including phenoxy) is 2. The van der Waals surface area contributed by atoms with Gasteiger partial charge >= 0.3 is 12.1 Å². The quantitative estimate of drug-likeness (QED) is 0.255. The topological polar surface area (TPSA) is 156 Å². The number of aromatic nitrogens is 3. The first-order valence-electron chi connectivity index (χ1n) is 15.9. The summed E-state index contributed by atoms with van der Waals surface area (Å²) in [5.74, 6) is -0.205. The molecule has 0 aliphatic carbocycles. The zero-order valence-electron chi connectivity index (χ0n) is 28.7. The summed E-state index contributed by atoms with van der Waals surface area (Å²) in [6.45, 7) is 12.0. The molecule has 2 aliphatic rings. The predicted octanol–water partition coefficient (Wildman–Crippen LogP) is 3.44. The Bertz CT molecular complexity index is 1790. The Morgan fingerprint density at radius 2 is 1.67 bits per heavy atom. The van der Waals surface area contributed by atoms with Gasteiger partial charge in [0.1, 0.15) is 22.5 Å². The Balaban J connectivity index is 1.47. The molecule has 0 bridgehead atoms. The number of rotatable bonds is 9. The van der Waals surface area contributed by atoms with Crippen molar-refractivity contribution in [3.8, 4) is 5.75 Å². The molecule has 0 radical (unpaired) electrons. The highest BCUT2D eigenvalue weighted by atomic mass is 32.2. The number of carbonyl (C=O) groups excluding carboxylic acids is 3. The molecule has 14 nitrogen and oxygen atoms in total. The number of amides is 1. The van der Waals surface area contributed by atoms with Crippen LogP contribution in [0.2, 0.25) is 0 Å². The molecule has 2 atom stereocenters. The highest BCUT2D eigenvalue weighted by molar-refractivity contribution is 8.01. The summed E-state index contributed by atoms with van der Waals surface area (Å²) in [6, 6.07) is 12.6. The second kappa shape index (κ2) is 13.6. The zero-order valence-corrected chi connectivity index (χ0v) is 30.4. The minimum absolute atomic E-state index is 0.0293. The van der Waals surface area contributed by atoms with Crippen LogP contribution < -0.4 is 19.3 Å². The van der Waals surface area contributed by atoms with E-state index in [1.54, 1.807) is 38.9 Å². The summed E-state index contributed by atoms with van der Waals surface area (Å²) in [4.78, 5) is 49.7. The fourth-order valence-corrected chi connectivity index (χ4v) is 8.67. The zero-order chi connectivity index (χ0) is 35.8. The number of pyridine rings is 1. The summed E-state index contributed by atoms with van der Waals surface area (Å²) >= 11 is 1.29. The predicted molar refractivity (Wildman–Crippen MR) is 186 cm³/mol. The molecule has 0 saturated carbocycles. The van der Waals surface area contributed by atoms with Gasteiger partial charge in [0.05, 0.1) is 5.69 Å². The number of ketones is 1. The number of piperazine rings is 1. The maximum absolute atomic E-state index is 14.5. The van der Waals surface area contributed by atoms with E-state index in [-0.39, 0.29) is 16.5 Å². The second-order valence-corrected chi connectivity index (χ2v) is 16.6. The van der Waals surface area contributed by atoms with E-state index in [0.29, 0.717) is 31.9 Å². The van der Waals surface area contributed by atoms with Crippen molar-refractivity contribution in [2.24, 2.45) is 7.05 Å². The lowest BCUT2D eigenvalue weighted by Crippen LogP contribution is -2.65. The molecule has 0 unspecified atom stereocenters. The van der Waals surface area contributed by atoms with E-state index in [1.165, 1.54) is 59.9 Å². The van der Waals surface area contributed by atoms with E-state index in [0.717, 1.165) is 10.1 Å². The lowest BCUT2D eigenvalue weighted by atomic mass is 9.94. The number of anilines is 2. The normalized spacial score (nSPS) is 19.2. The van der Waals surface area contributed by atoms with Crippen LogP contribution in [0, 0.1) is 0 Å². The second-order valence-electron chi connectivity index (χ2n) is 13.8. The fourth-order valence-electron chi connectivity index (χ4n) is 5.52. The van der Waals surface area contributed by atoms with E-state index in [1.807, 2.05) is 32.0 Å². The van der Waals surface area contributed by atoms with Gasteiger partial charge in [0.15, 0.2) is 10.8 Å². The van der Waals surface area contributed by atoms with Crippen LogP contribution in [0.15, 0.2) is 66.0 Å². The Morgan fingerprint density at radius 1 is 1.00 bits per heavy atom. The summed E-state index contributed by atoms with van der Waals surface area (Å²) in [5, 5.41) is 6.05. The number of hydrogen-bond acceptors (Lipinski definition) is 12. The van der Waals surface area contributed by atoms with Gasteiger partial charge in [-0.15, -0.1) is 11.8 Å². The Hall–Kier alpha value is -4.15. The van der Waals surface area contributed by atoms with E-state index in [4.69, 9.17) is 9.47 Å². The Kier molecular flexibility index (Phi) is 10.1. The molecule has 2 saturated heterocycles. The van der Waals surface area contributed by atoms with Crippen molar-refractivity contribution >= 4 is 51.1 Å². The van der Waals surface area contributed by atoms with Gasteiger partial charge in [-0.3, -0.25) is 14.8 Å². The first-order valence-corrected chi connectivity index (χ1v) is 18.3. The van der Waals surface area contributed by atoms with E-state index in [2.05, 4.69) is 20.3 Å². The molecule has 5 rings (SSSR count). The van der Waals surface area contributed by atoms with Crippen molar-refractivity contribution in [1.29, 1.82) is 0 Å². The Labute approximate surface area is 291 Å². The van der Waals surface area contributed by atoms with Gasteiger partial charge < -0.3 is 19.3 Å². The molecule has 1 aromatic carbocycles. The Morgan fingerprint density at radius 3 is 2.20 bits per heavy atom. The summed E-state index contributed by atoms with van der Waals surface area (Å²) in [7, 11) is -3.10. The van der Waals surface area contributed by atoms with E-state index < -0.39 is 49.9 Å². The first kappa shape index (κ1) is 36.1. The van der Waals surface area contributed by atoms with Crippen molar-refractivity contribution in [3.63, 3.8) is 0 Å². The first-order chi connectivity index (χ1) is 22.9. The number of nitrogens with zero attached hydrogens (tertiary/aromatic N) is 6. The van der Waals surface area contributed by atoms with Crippen LogP contribution in [0.3, 0.4) is 0 Å². The third-order valence-electron chi connectivity index (χ3n) is 8.03. The maximum Gasteiger partial charge on any atom is 0.415 e.